The molecule has 0 aliphatic rings. The van der Waals surface area contributed by atoms with Gasteiger partial charge in [-0.25, -0.2) is 0 Å². The van der Waals surface area contributed by atoms with E-state index in [0.29, 0.717) is 23.4 Å². The lowest BCUT2D eigenvalue weighted by atomic mass is 10.1. The van der Waals surface area contributed by atoms with Gasteiger partial charge >= 0.3 is 0 Å². The Bertz CT molecular complexity index is 386. The number of carbonyl (C=O) groups is 1. The molecule has 1 rings (SSSR count). The molecule has 4 heteroatoms. The van der Waals surface area contributed by atoms with Crippen LogP contribution in [0.5, 0.6) is 0 Å². The molecule has 0 unspecified atom stereocenters. The summed E-state index contributed by atoms with van der Waals surface area (Å²) in [6.45, 7) is 11.9. The van der Waals surface area contributed by atoms with Crippen molar-refractivity contribution in [1.29, 1.82) is 0 Å². The first-order chi connectivity index (χ1) is 7.90. The number of rotatable bonds is 4. The van der Waals surface area contributed by atoms with Crippen LogP contribution in [0.15, 0.2) is 4.52 Å². The van der Waals surface area contributed by atoms with E-state index in [0.717, 1.165) is 0 Å². The molecular formula is C13H22N2O2. The molecule has 0 radical (unpaired) electrons. The summed E-state index contributed by atoms with van der Waals surface area (Å²) >= 11 is 0. The normalized spacial score (nSPS) is 11.3. The zero-order valence-electron chi connectivity index (χ0n) is 11.6. The van der Waals surface area contributed by atoms with Crippen LogP contribution < -0.4 is 0 Å². The van der Waals surface area contributed by atoms with Crippen molar-refractivity contribution in [3.8, 4) is 0 Å². The molecule has 17 heavy (non-hydrogen) atoms. The molecule has 0 bridgehead atoms. The molecule has 1 aromatic rings. The largest absolute Gasteiger partial charge is 0.360 e. The van der Waals surface area contributed by atoms with E-state index in [1.54, 1.807) is 0 Å². The van der Waals surface area contributed by atoms with Crippen molar-refractivity contribution >= 4 is 5.91 Å². The first kappa shape index (κ1) is 13.7. The van der Waals surface area contributed by atoms with Crippen LogP contribution in [-0.4, -0.2) is 28.0 Å². The van der Waals surface area contributed by atoms with Gasteiger partial charge in [0.05, 0.1) is 5.69 Å². The third-order valence-electron chi connectivity index (χ3n) is 2.82. The molecule has 1 amide bonds. The summed E-state index contributed by atoms with van der Waals surface area (Å²) in [5.74, 6) is 0.699. The minimum Gasteiger partial charge on any atom is -0.360 e. The van der Waals surface area contributed by atoms with E-state index in [9.17, 15) is 4.79 Å². The molecule has 0 aliphatic heterocycles. The zero-order valence-corrected chi connectivity index (χ0v) is 11.6. The maximum absolute atomic E-state index is 12.5. The number of carbonyl (C=O) groups excluding carboxylic acids is 1. The van der Waals surface area contributed by atoms with E-state index in [1.807, 2.05) is 46.4 Å². The van der Waals surface area contributed by atoms with Crippen LogP contribution in [0.2, 0.25) is 0 Å². The molecule has 0 aromatic carbocycles. The lowest BCUT2D eigenvalue weighted by molar-refractivity contribution is 0.0641. The monoisotopic (exact) mass is 238 g/mol. The average Bonchev–Trinajstić information content (AvgIpc) is 2.58. The van der Waals surface area contributed by atoms with Crippen LogP contribution in [0.4, 0.5) is 0 Å². The zero-order chi connectivity index (χ0) is 13.2. The van der Waals surface area contributed by atoms with Crippen molar-refractivity contribution in [3.63, 3.8) is 0 Å². The van der Waals surface area contributed by atoms with E-state index in [4.69, 9.17) is 4.52 Å². The Kier molecular flexibility index (Phi) is 4.32. The highest BCUT2D eigenvalue weighted by atomic mass is 16.5. The van der Waals surface area contributed by atoms with E-state index in [1.165, 1.54) is 0 Å². The topological polar surface area (TPSA) is 46.3 Å². The van der Waals surface area contributed by atoms with Crippen molar-refractivity contribution in [1.82, 2.24) is 10.1 Å². The standard InChI is InChI=1S/C13H22N2O2/c1-7-11-12(10(6)14-17-11)13(16)15(8(2)3)9(4)5/h8-9H,7H2,1-6H3. The minimum atomic E-state index is 0.0191. The lowest BCUT2D eigenvalue weighted by Crippen LogP contribution is -2.42. The Morgan fingerprint density at radius 3 is 2.24 bits per heavy atom. The van der Waals surface area contributed by atoms with Crippen LogP contribution in [0, 0.1) is 6.92 Å². The summed E-state index contributed by atoms with van der Waals surface area (Å²) in [4.78, 5) is 14.4. The summed E-state index contributed by atoms with van der Waals surface area (Å²) in [5, 5.41) is 3.89. The number of hydrogen-bond donors (Lipinski definition) is 0. The molecule has 0 fully saturated rings. The second-order valence-corrected chi connectivity index (χ2v) is 4.82. The van der Waals surface area contributed by atoms with Crippen molar-refractivity contribution in [2.24, 2.45) is 0 Å². The first-order valence-corrected chi connectivity index (χ1v) is 6.17. The van der Waals surface area contributed by atoms with Gasteiger partial charge in [-0.1, -0.05) is 12.1 Å². The first-order valence-electron chi connectivity index (χ1n) is 6.17. The quantitative estimate of drug-likeness (QED) is 0.810. The number of nitrogens with zero attached hydrogens (tertiary/aromatic N) is 2. The lowest BCUT2D eigenvalue weighted by Gasteiger charge is -2.30. The van der Waals surface area contributed by atoms with Gasteiger partial charge in [-0.2, -0.15) is 0 Å². The third kappa shape index (κ3) is 2.68. The maximum atomic E-state index is 12.5. The van der Waals surface area contributed by atoms with Gasteiger partial charge in [0, 0.05) is 18.5 Å². The SMILES string of the molecule is CCc1onc(C)c1C(=O)N(C(C)C)C(C)C. The molecule has 0 atom stereocenters. The number of amides is 1. The fourth-order valence-corrected chi connectivity index (χ4v) is 2.13. The van der Waals surface area contributed by atoms with Crippen LogP contribution in [0.1, 0.15) is 56.4 Å². The molecule has 0 N–H and O–H groups in total. The van der Waals surface area contributed by atoms with Crippen LogP contribution in [-0.2, 0) is 6.42 Å². The molecular weight excluding hydrogens is 216 g/mol. The second kappa shape index (κ2) is 5.34. The fraction of sp³-hybridized carbons (Fsp3) is 0.692. The van der Waals surface area contributed by atoms with Gasteiger partial charge in [0.25, 0.3) is 5.91 Å². The molecule has 0 spiro atoms. The van der Waals surface area contributed by atoms with Gasteiger partial charge in [0.2, 0.25) is 0 Å². The Morgan fingerprint density at radius 1 is 1.29 bits per heavy atom. The van der Waals surface area contributed by atoms with E-state index >= 15 is 0 Å². The van der Waals surface area contributed by atoms with Gasteiger partial charge in [-0.15, -0.1) is 0 Å². The van der Waals surface area contributed by atoms with Crippen molar-refractivity contribution in [2.75, 3.05) is 0 Å². The van der Waals surface area contributed by atoms with Gasteiger partial charge in [0.1, 0.15) is 11.3 Å². The Morgan fingerprint density at radius 2 is 1.82 bits per heavy atom. The van der Waals surface area contributed by atoms with E-state index in [-0.39, 0.29) is 18.0 Å². The van der Waals surface area contributed by atoms with Crippen LogP contribution >= 0.6 is 0 Å². The van der Waals surface area contributed by atoms with Crippen LogP contribution in [0.25, 0.3) is 0 Å². The van der Waals surface area contributed by atoms with Gasteiger partial charge in [-0.3, -0.25) is 4.79 Å². The summed E-state index contributed by atoms with van der Waals surface area (Å²) < 4.78 is 5.18. The van der Waals surface area contributed by atoms with E-state index < -0.39 is 0 Å². The third-order valence-corrected chi connectivity index (χ3v) is 2.82. The molecule has 0 aliphatic carbocycles. The number of aromatic nitrogens is 1. The minimum absolute atomic E-state index is 0.0191. The van der Waals surface area contributed by atoms with Gasteiger partial charge < -0.3 is 9.42 Å². The maximum Gasteiger partial charge on any atom is 0.259 e. The average molecular weight is 238 g/mol. The molecule has 0 saturated heterocycles. The highest BCUT2D eigenvalue weighted by Gasteiger charge is 2.27. The fourth-order valence-electron chi connectivity index (χ4n) is 2.13. The molecule has 96 valence electrons. The molecule has 1 heterocycles. The molecule has 1 aromatic heterocycles. The second-order valence-electron chi connectivity index (χ2n) is 4.82. The predicted molar refractivity (Wildman–Crippen MR) is 67.1 cm³/mol. The Hall–Kier alpha value is -1.32. The summed E-state index contributed by atoms with van der Waals surface area (Å²) in [6, 6.07) is 0.336. The van der Waals surface area contributed by atoms with Crippen molar-refractivity contribution < 1.29 is 9.32 Å². The summed E-state index contributed by atoms with van der Waals surface area (Å²) in [7, 11) is 0. The highest BCUT2D eigenvalue weighted by Crippen LogP contribution is 2.19. The Labute approximate surface area is 103 Å². The molecule has 0 saturated carbocycles. The molecule has 4 nitrogen and oxygen atoms in total. The van der Waals surface area contributed by atoms with E-state index in [2.05, 4.69) is 5.16 Å². The highest BCUT2D eigenvalue weighted by molar-refractivity contribution is 5.96. The summed E-state index contributed by atoms with van der Waals surface area (Å²) in [5.41, 5.74) is 1.31. The smallest absolute Gasteiger partial charge is 0.259 e. The number of hydrogen-bond acceptors (Lipinski definition) is 3. The van der Waals surface area contributed by atoms with Crippen molar-refractivity contribution in [3.05, 3.63) is 17.0 Å². The van der Waals surface area contributed by atoms with Gasteiger partial charge in [0.15, 0.2) is 0 Å². The van der Waals surface area contributed by atoms with Gasteiger partial charge in [-0.05, 0) is 34.6 Å². The summed E-state index contributed by atoms with van der Waals surface area (Å²) in [6.07, 6.45) is 0.686. The van der Waals surface area contributed by atoms with Crippen LogP contribution in [0.3, 0.4) is 0 Å². The number of aryl methyl sites for hydroxylation is 2. The van der Waals surface area contributed by atoms with Crippen molar-refractivity contribution in [2.45, 2.75) is 60.0 Å². The predicted octanol–water partition coefficient (Wildman–Crippen LogP) is 2.80. The Balaban J connectivity index is 3.13.